The van der Waals surface area contributed by atoms with Gasteiger partial charge in [-0.2, -0.15) is 0 Å². The second-order valence-electron chi connectivity index (χ2n) is 10.5. The molecule has 3 aliphatic carbocycles. The Labute approximate surface area is 218 Å². The summed E-state index contributed by atoms with van der Waals surface area (Å²) in [7, 11) is 0. The zero-order valence-corrected chi connectivity index (χ0v) is 23.0. The van der Waals surface area contributed by atoms with Gasteiger partial charge in [0.2, 0.25) is 0 Å². The number of rotatable bonds is 9. The first-order chi connectivity index (χ1) is 15.6. The van der Waals surface area contributed by atoms with Crippen molar-refractivity contribution in [2.75, 3.05) is 0 Å². The molecule has 0 aliphatic heterocycles. The number of allylic oxidation sites excluding steroid dienone is 6. The minimum absolute atomic E-state index is 0. The lowest BCUT2D eigenvalue weighted by molar-refractivity contribution is 0.331. The third-order valence-corrected chi connectivity index (χ3v) is 8.06. The number of hydrogen-bond acceptors (Lipinski definition) is 0. The zero-order valence-electron chi connectivity index (χ0n) is 23.0. The van der Waals surface area contributed by atoms with E-state index in [4.69, 9.17) is 0 Å². The molecule has 202 valence electrons. The van der Waals surface area contributed by atoms with Crippen LogP contribution in [0.5, 0.6) is 0 Å². The first-order valence-electron chi connectivity index (χ1n) is 14.7. The largest absolute Gasteiger partial charge is 0.0776 e. The molecule has 0 aromatic heterocycles. The Hall–Kier alpha value is -0.780. The van der Waals surface area contributed by atoms with Gasteiger partial charge in [0.1, 0.15) is 0 Å². The summed E-state index contributed by atoms with van der Waals surface area (Å²) in [5.41, 5.74) is 4.86. The van der Waals surface area contributed by atoms with Crippen LogP contribution >= 0.6 is 0 Å². The van der Waals surface area contributed by atoms with Crippen molar-refractivity contribution in [2.45, 2.75) is 166 Å². The highest BCUT2D eigenvalue weighted by Crippen LogP contribution is 2.35. The van der Waals surface area contributed by atoms with Crippen molar-refractivity contribution in [3.05, 3.63) is 34.9 Å². The number of hydrogen-bond donors (Lipinski definition) is 0. The van der Waals surface area contributed by atoms with Crippen LogP contribution in [0.25, 0.3) is 0 Å². The quantitative estimate of drug-likeness (QED) is 0.291. The highest BCUT2D eigenvalue weighted by atomic mass is 14.2. The fourth-order valence-corrected chi connectivity index (χ4v) is 5.57. The first kappa shape index (κ1) is 35.4. The minimum Gasteiger partial charge on any atom is -0.0776 e. The van der Waals surface area contributed by atoms with Gasteiger partial charge in [-0.05, 0) is 75.7 Å². The highest BCUT2D eigenvalue weighted by molar-refractivity contribution is 5.31. The molecule has 0 radical (unpaired) electrons. The molecule has 2 saturated carbocycles. The maximum absolute atomic E-state index is 2.57. The molecule has 0 aromatic carbocycles. The number of unbranched alkanes of at least 4 members (excludes halogenated alkanes) is 1. The van der Waals surface area contributed by atoms with Crippen molar-refractivity contribution in [1.29, 1.82) is 0 Å². The molecular formula is C34H66. The molecule has 1 atom stereocenters. The van der Waals surface area contributed by atoms with Crippen molar-refractivity contribution in [3.8, 4) is 0 Å². The molecule has 0 spiro atoms. The van der Waals surface area contributed by atoms with E-state index in [1.807, 2.05) is 13.8 Å². The van der Waals surface area contributed by atoms with Crippen molar-refractivity contribution in [2.24, 2.45) is 17.8 Å². The van der Waals surface area contributed by atoms with E-state index >= 15 is 0 Å². The smallest absolute Gasteiger partial charge is 0.00442 e. The summed E-state index contributed by atoms with van der Waals surface area (Å²) in [6, 6.07) is 0. The molecule has 0 heterocycles. The lowest BCUT2D eigenvalue weighted by Gasteiger charge is -2.21. The predicted molar refractivity (Wildman–Crippen MR) is 161 cm³/mol. The lowest BCUT2D eigenvalue weighted by atomic mass is 9.84. The van der Waals surface area contributed by atoms with E-state index in [1.165, 1.54) is 109 Å². The second kappa shape index (κ2) is 22.7. The minimum atomic E-state index is 0. The second-order valence-corrected chi connectivity index (χ2v) is 10.5. The van der Waals surface area contributed by atoms with E-state index in [0.717, 1.165) is 17.8 Å². The van der Waals surface area contributed by atoms with Gasteiger partial charge in [-0.15, -0.1) is 0 Å². The van der Waals surface area contributed by atoms with Gasteiger partial charge in [-0.3, -0.25) is 0 Å². The van der Waals surface area contributed by atoms with E-state index in [2.05, 4.69) is 45.9 Å². The molecule has 1 unspecified atom stereocenters. The third kappa shape index (κ3) is 14.6. The first-order valence-corrected chi connectivity index (χ1v) is 14.7. The van der Waals surface area contributed by atoms with Crippen LogP contribution in [-0.4, -0.2) is 0 Å². The van der Waals surface area contributed by atoms with Gasteiger partial charge < -0.3 is 0 Å². The topological polar surface area (TPSA) is 0 Å². The molecule has 0 saturated heterocycles. The summed E-state index contributed by atoms with van der Waals surface area (Å²) in [5, 5.41) is 0. The van der Waals surface area contributed by atoms with Crippen LogP contribution in [-0.2, 0) is 0 Å². The van der Waals surface area contributed by atoms with Gasteiger partial charge in [0.15, 0.2) is 0 Å². The van der Waals surface area contributed by atoms with Gasteiger partial charge in [0, 0.05) is 0 Å². The van der Waals surface area contributed by atoms with Crippen molar-refractivity contribution >= 4 is 0 Å². The maximum atomic E-state index is 2.57. The van der Waals surface area contributed by atoms with E-state index < -0.39 is 0 Å². The van der Waals surface area contributed by atoms with Crippen molar-refractivity contribution in [3.63, 3.8) is 0 Å². The average Bonchev–Trinajstić information content (AvgIpc) is 3.34. The highest BCUT2D eigenvalue weighted by Gasteiger charge is 2.20. The third-order valence-electron chi connectivity index (χ3n) is 8.06. The van der Waals surface area contributed by atoms with Gasteiger partial charge in [0.05, 0.1) is 0 Å². The summed E-state index contributed by atoms with van der Waals surface area (Å²) in [6.45, 7) is 13.2. The van der Waals surface area contributed by atoms with Crippen LogP contribution in [0.15, 0.2) is 34.9 Å². The molecule has 3 aliphatic rings. The predicted octanol–water partition coefficient (Wildman–Crippen LogP) is 12.7. The van der Waals surface area contributed by atoms with Crippen LogP contribution in [0, 0.1) is 17.8 Å². The normalized spacial score (nSPS) is 21.0. The Balaban J connectivity index is 0. The zero-order chi connectivity index (χ0) is 23.6. The molecule has 0 amide bonds. The van der Waals surface area contributed by atoms with Crippen molar-refractivity contribution in [1.82, 2.24) is 0 Å². The molecular weight excluding hydrogens is 408 g/mol. The Bertz CT molecular complexity index is 534. The standard InChI is InChI=1S/C20H32.C10H20.C2H6.2CH4/c1-4-16(2)17(3)9-8-10-18-13-14-20(15-18)19-11-6-5-7-12-19;1-2-3-7-10-8-5-4-6-9-10;1-2;;/h13-15,18-19H,4-12H2,1-3H3;10H,2-9H2,1H3;1-2H3;2*1H4/b17-16-;;;;. The van der Waals surface area contributed by atoms with Gasteiger partial charge in [-0.1, -0.05) is 143 Å². The summed E-state index contributed by atoms with van der Waals surface area (Å²) >= 11 is 0. The van der Waals surface area contributed by atoms with Crippen LogP contribution in [0.2, 0.25) is 0 Å². The fourth-order valence-electron chi connectivity index (χ4n) is 5.57. The monoisotopic (exact) mass is 475 g/mol. The lowest BCUT2D eigenvalue weighted by Crippen LogP contribution is -2.07. The van der Waals surface area contributed by atoms with Crippen LogP contribution in [0.1, 0.15) is 166 Å². The molecule has 0 N–H and O–H groups in total. The SMILES string of the molecule is C.C.CC.CC/C(C)=C(/C)CCCC1C=CC(C2CCCCC2)=C1.CCCCC1CCCCC1. The van der Waals surface area contributed by atoms with E-state index in [1.54, 1.807) is 16.7 Å². The maximum Gasteiger partial charge on any atom is -0.00442 e. The summed E-state index contributed by atoms with van der Waals surface area (Å²) in [6.07, 6.45) is 31.8. The Morgan fingerprint density at radius 2 is 1.35 bits per heavy atom. The van der Waals surface area contributed by atoms with Crippen molar-refractivity contribution < 1.29 is 0 Å². The van der Waals surface area contributed by atoms with Crippen LogP contribution in [0.3, 0.4) is 0 Å². The molecule has 0 nitrogen and oxygen atoms in total. The summed E-state index contributed by atoms with van der Waals surface area (Å²) in [5.74, 6) is 2.71. The molecule has 0 heteroatoms. The molecule has 34 heavy (non-hydrogen) atoms. The Kier molecular flexibility index (Phi) is 23.6. The molecule has 0 aromatic rings. The van der Waals surface area contributed by atoms with Gasteiger partial charge in [-0.25, -0.2) is 0 Å². The van der Waals surface area contributed by atoms with E-state index in [9.17, 15) is 0 Å². The summed E-state index contributed by atoms with van der Waals surface area (Å²) in [4.78, 5) is 0. The van der Waals surface area contributed by atoms with Crippen LogP contribution in [0.4, 0.5) is 0 Å². The molecule has 3 rings (SSSR count). The van der Waals surface area contributed by atoms with Crippen LogP contribution < -0.4 is 0 Å². The fraction of sp³-hybridized carbons (Fsp3) is 0.824. The van der Waals surface area contributed by atoms with E-state index in [0.29, 0.717) is 0 Å². The molecule has 2 fully saturated rings. The summed E-state index contributed by atoms with van der Waals surface area (Å²) < 4.78 is 0. The van der Waals surface area contributed by atoms with Gasteiger partial charge in [0.25, 0.3) is 0 Å². The van der Waals surface area contributed by atoms with E-state index in [-0.39, 0.29) is 14.9 Å². The van der Waals surface area contributed by atoms with Gasteiger partial charge >= 0.3 is 0 Å². The molecule has 0 bridgehead atoms. The Morgan fingerprint density at radius 1 is 0.765 bits per heavy atom. The Morgan fingerprint density at radius 3 is 1.91 bits per heavy atom. The average molecular weight is 475 g/mol.